The Balaban J connectivity index is 1.90. The Hall–Kier alpha value is -2.22. The van der Waals surface area contributed by atoms with E-state index in [1.807, 2.05) is 4.90 Å². The molecule has 1 aliphatic heterocycles. The first-order valence-electron chi connectivity index (χ1n) is 6.15. The highest BCUT2D eigenvalue weighted by Crippen LogP contribution is 2.17. The maximum Gasteiger partial charge on any atom is 0.241 e. The SMILES string of the molecule is Nc1nc(N2CCC(O)CC2)nc(-n2ccnc2)n1. The molecule has 8 heteroatoms. The predicted octanol–water partition coefficient (Wildman–Crippen LogP) is -0.399. The number of aromatic nitrogens is 5. The number of aliphatic hydroxyl groups excluding tert-OH is 1. The van der Waals surface area contributed by atoms with E-state index in [-0.39, 0.29) is 12.1 Å². The molecule has 0 spiro atoms. The third-order valence-corrected chi connectivity index (χ3v) is 3.11. The number of hydrogen-bond donors (Lipinski definition) is 2. The van der Waals surface area contributed by atoms with E-state index in [0.717, 1.165) is 0 Å². The van der Waals surface area contributed by atoms with Gasteiger partial charge in [0.15, 0.2) is 0 Å². The molecule has 0 radical (unpaired) electrons. The molecule has 3 rings (SSSR count). The van der Waals surface area contributed by atoms with E-state index in [4.69, 9.17) is 5.73 Å². The van der Waals surface area contributed by atoms with Gasteiger partial charge >= 0.3 is 0 Å². The highest BCUT2D eigenvalue weighted by atomic mass is 16.3. The molecule has 0 aliphatic carbocycles. The van der Waals surface area contributed by atoms with Crippen LogP contribution in [0.1, 0.15) is 12.8 Å². The lowest BCUT2D eigenvalue weighted by atomic mass is 10.1. The number of rotatable bonds is 2. The van der Waals surface area contributed by atoms with Crippen molar-refractivity contribution >= 4 is 11.9 Å². The Morgan fingerprint density at radius 3 is 2.58 bits per heavy atom. The summed E-state index contributed by atoms with van der Waals surface area (Å²) in [6, 6.07) is 0. The molecule has 0 saturated carbocycles. The third-order valence-electron chi connectivity index (χ3n) is 3.11. The topological polar surface area (TPSA) is 106 Å². The van der Waals surface area contributed by atoms with Gasteiger partial charge in [0, 0.05) is 25.5 Å². The van der Waals surface area contributed by atoms with Crippen LogP contribution in [0.5, 0.6) is 0 Å². The summed E-state index contributed by atoms with van der Waals surface area (Å²) in [7, 11) is 0. The number of imidazole rings is 1. The van der Waals surface area contributed by atoms with Crippen LogP contribution >= 0.6 is 0 Å². The number of aliphatic hydroxyl groups is 1. The molecule has 3 heterocycles. The Morgan fingerprint density at radius 1 is 1.16 bits per heavy atom. The summed E-state index contributed by atoms with van der Waals surface area (Å²) in [5.41, 5.74) is 5.73. The van der Waals surface area contributed by atoms with Crippen LogP contribution < -0.4 is 10.6 Å². The molecule has 3 N–H and O–H groups in total. The van der Waals surface area contributed by atoms with Gasteiger partial charge in [0.25, 0.3) is 0 Å². The van der Waals surface area contributed by atoms with Gasteiger partial charge in [-0.3, -0.25) is 4.57 Å². The standard InChI is InChI=1S/C11H15N7O/c12-9-14-10(17-4-1-8(19)2-5-17)16-11(15-9)18-6-3-13-7-18/h3,6-8,19H,1-2,4-5H2,(H2,12,14,15,16). The third kappa shape index (κ3) is 2.48. The van der Waals surface area contributed by atoms with Crippen molar-refractivity contribution < 1.29 is 5.11 Å². The van der Waals surface area contributed by atoms with E-state index in [0.29, 0.717) is 37.8 Å². The van der Waals surface area contributed by atoms with Crippen molar-refractivity contribution in [3.63, 3.8) is 0 Å². The van der Waals surface area contributed by atoms with Gasteiger partial charge in [-0.1, -0.05) is 0 Å². The summed E-state index contributed by atoms with van der Waals surface area (Å²) >= 11 is 0. The van der Waals surface area contributed by atoms with E-state index < -0.39 is 0 Å². The zero-order valence-electron chi connectivity index (χ0n) is 10.3. The molecule has 2 aromatic rings. The Bertz CT molecular complexity index is 548. The number of nitrogen functional groups attached to an aromatic ring is 1. The number of nitrogens with two attached hydrogens (primary N) is 1. The zero-order chi connectivity index (χ0) is 13.2. The molecular weight excluding hydrogens is 246 g/mol. The van der Waals surface area contributed by atoms with E-state index in [1.54, 1.807) is 23.3 Å². The summed E-state index contributed by atoms with van der Waals surface area (Å²) in [6.07, 6.45) is 6.20. The molecule has 0 aromatic carbocycles. The van der Waals surface area contributed by atoms with Crippen LogP contribution in [0.4, 0.5) is 11.9 Å². The maximum atomic E-state index is 9.52. The Morgan fingerprint density at radius 2 is 1.89 bits per heavy atom. The van der Waals surface area contributed by atoms with Gasteiger partial charge in [-0.2, -0.15) is 15.0 Å². The normalized spacial score (nSPS) is 16.8. The fourth-order valence-electron chi connectivity index (χ4n) is 2.07. The summed E-state index contributed by atoms with van der Waals surface area (Å²) in [5, 5.41) is 9.52. The molecule has 2 aromatic heterocycles. The molecule has 0 amide bonds. The van der Waals surface area contributed by atoms with Crippen LogP contribution in [0.15, 0.2) is 18.7 Å². The van der Waals surface area contributed by atoms with Crippen molar-refractivity contribution in [3.05, 3.63) is 18.7 Å². The molecule has 0 bridgehead atoms. The molecule has 8 nitrogen and oxygen atoms in total. The van der Waals surface area contributed by atoms with Gasteiger partial charge in [-0.15, -0.1) is 0 Å². The van der Waals surface area contributed by atoms with Crippen LogP contribution in [0.3, 0.4) is 0 Å². The van der Waals surface area contributed by atoms with Crippen molar-refractivity contribution in [3.8, 4) is 5.95 Å². The second kappa shape index (κ2) is 4.81. The second-order valence-electron chi connectivity index (χ2n) is 4.48. The molecule has 1 saturated heterocycles. The van der Waals surface area contributed by atoms with Gasteiger partial charge in [-0.05, 0) is 12.8 Å². The van der Waals surface area contributed by atoms with Crippen LogP contribution in [-0.2, 0) is 0 Å². The van der Waals surface area contributed by atoms with Crippen molar-refractivity contribution in [1.29, 1.82) is 0 Å². The number of nitrogens with zero attached hydrogens (tertiary/aromatic N) is 6. The van der Waals surface area contributed by atoms with Gasteiger partial charge in [0.05, 0.1) is 6.10 Å². The lowest BCUT2D eigenvalue weighted by Gasteiger charge is -2.29. The molecular formula is C11H15N7O. The van der Waals surface area contributed by atoms with Gasteiger partial charge in [0.2, 0.25) is 17.8 Å². The van der Waals surface area contributed by atoms with Gasteiger partial charge < -0.3 is 15.7 Å². The summed E-state index contributed by atoms with van der Waals surface area (Å²) in [5.74, 6) is 1.18. The molecule has 100 valence electrons. The van der Waals surface area contributed by atoms with E-state index in [2.05, 4.69) is 19.9 Å². The minimum absolute atomic E-state index is 0.180. The van der Waals surface area contributed by atoms with Crippen LogP contribution in [0, 0.1) is 0 Å². The van der Waals surface area contributed by atoms with Crippen molar-refractivity contribution in [2.45, 2.75) is 18.9 Å². The number of piperidine rings is 1. The lowest BCUT2D eigenvalue weighted by molar-refractivity contribution is 0.145. The molecule has 0 unspecified atom stereocenters. The first-order valence-corrected chi connectivity index (χ1v) is 6.15. The summed E-state index contributed by atoms with van der Waals surface area (Å²) < 4.78 is 1.68. The average Bonchev–Trinajstić information content (AvgIpc) is 2.93. The molecule has 1 aliphatic rings. The van der Waals surface area contributed by atoms with Crippen molar-refractivity contribution in [2.75, 3.05) is 23.7 Å². The average molecular weight is 261 g/mol. The maximum absolute atomic E-state index is 9.52. The molecule has 1 fully saturated rings. The summed E-state index contributed by atoms with van der Waals surface area (Å²) in [6.45, 7) is 1.43. The van der Waals surface area contributed by atoms with Crippen molar-refractivity contribution in [1.82, 2.24) is 24.5 Å². The minimum Gasteiger partial charge on any atom is -0.393 e. The quantitative estimate of drug-likeness (QED) is 0.757. The van der Waals surface area contributed by atoms with Crippen molar-refractivity contribution in [2.24, 2.45) is 0 Å². The monoisotopic (exact) mass is 261 g/mol. The lowest BCUT2D eigenvalue weighted by Crippen LogP contribution is -2.37. The van der Waals surface area contributed by atoms with Gasteiger partial charge in [-0.25, -0.2) is 4.98 Å². The van der Waals surface area contributed by atoms with Gasteiger partial charge in [0.1, 0.15) is 6.33 Å². The highest BCUT2D eigenvalue weighted by Gasteiger charge is 2.20. The Kier molecular flexibility index (Phi) is 3.00. The fourth-order valence-corrected chi connectivity index (χ4v) is 2.07. The van der Waals surface area contributed by atoms with Crippen LogP contribution in [0.2, 0.25) is 0 Å². The molecule has 0 atom stereocenters. The molecule has 19 heavy (non-hydrogen) atoms. The highest BCUT2D eigenvalue weighted by molar-refractivity contribution is 5.38. The zero-order valence-corrected chi connectivity index (χ0v) is 10.3. The second-order valence-corrected chi connectivity index (χ2v) is 4.48. The largest absolute Gasteiger partial charge is 0.393 e. The number of hydrogen-bond acceptors (Lipinski definition) is 7. The Labute approximate surface area is 109 Å². The first kappa shape index (κ1) is 11.8. The minimum atomic E-state index is -0.233. The van der Waals surface area contributed by atoms with Crippen LogP contribution in [-0.4, -0.2) is 48.8 Å². The summed E-state index contributed by atoms with van der Waals surface area (Å²) in [4.78, 5) is 18.6. The number of anilines is 2. The van der Waals surface area contributed by atoms with E-state index in [9.17, 15) is 5.11 Å². The fraction of sp³-hybridized carbons (Fsp3) is 0.455. The van der Waals surface area contributed by atoms with E-state index >= 15 is 0 Å². The first-order chi connectivity index (χ1) is 9.22. The van der Waals surface area contributed by atoms with E-state index in [1.165, 1.54) is 0 Å². The predicted molar refractivity (Wildman–Crippen MR) is 68.8 cm³/mol. The smallest absolute Gasteiger partial charge is 0.241 e. The van der Waals surface area contributed by atoms with Crippen LogP contribution in [0.25, 0.3) is 5.95 Å².